The second-order valence-corrected chi connectivity index (χ2v) is 8.99. The molecule has 0 saturated heterocycles. The Bertz CT molecular complexity index is 1070. The number of fused-ring (bicyclic) bond motifs is 1. The van der Waals surface area contributed by atoms with Crippen molar-refractivity contribution in [3.05, 3.63) is 69.2 Å². The maximum Gasteiger partial charge on any atom is 0.270 e. The van der Waals surface area contributed by atoms with Crippen molar-refractivity contribution in [1.82, 2.24) is 15.2 Å². The van der Waals surface area contributed by atoms with Gasteiger partial charge in [0.25, 0.3) is 11.6 Å². The molecule has 2 aromatic carbocycles. The first-order chi connectivity index (χ1) is 14.9. The summed E-state index contributed by atoms with van der Waals surface area (Å²) >= 11 is 3.10. The normalized spacial score (nSPS) is 11.8. The van der Waals surface area contributed by atoms with Crippen molar-refractivity contribution < 1.29 is 14.5 Å². The molecule has 2 amide bonds. The summed E-state index contributed by atoms with van der Waals surface area (Å²) in [6.45, 7) is 0.334. The van der Waals surface area contributed by atoms with E-state index in [-0.39, 0.29) is 17.2 Å². The number of hydrogen-bond acceptors (Lipinski definition) is 7. The minimum Gasteiger partial charge on any atom is -0.340 e. The number of likely N-dealkylation sites (N-methyl/N-ethyl adjacent to an activating group) is 1. The van der Waals surface area contributed by atoms with Crippen LogP contribution in [0.3, 0.4) is 0 Å². The fraction of sp³-hybridized carbons (Fsp3) is 0.286. The third kappa shape index (κ3) is 5.80. The number of benzene rings is 2. The van der Waals surface area contributed by atoms with Crippen molar-refractivity contribution in [2.24, 2.45) is 0 Å². The molecule has 1 aromatic heterocycles. The van der Waals surface area contributed by atoms with Crippen LogP contribution in [-0.4, -0.2) is 51.7 Å². The molecule has 0 aliphatic heterocycles. The molecular weight excluding hydrogens is 436 g/mol. The molecule has 0 aliphatic rings. The lowest BCUT2D eigenvalue weighted by Crippen LogP contribution is -2.47. The number of nitrogens with one attached hydrogen (secondary N) is 1. The second-order valence-electron chi connectivity index (χ2n) is 6.88. The third-order valence-corrected chi connectivity index (χ3v) is 6.29. The van der Waals surface area contributed by atoms with E-state index in [0.717, 1.165) is 15.2 Å². The van der Waals surface area contributed by atoms with Crippen molar-refractivity contribution in [1.29, 1.82) is 0 Å². The Balaban J connectivity index is 1.72. The maximum absolute atomic E-state index is 13.1. The predicted octanol–water partition coefficient (Wildman–Crippen LogP) is 3.71. The van der Waals surface area contributed by atoms with Crippen LogP contribution in [0, 0.1) is 10.1 Å². The highest BCUT2D eigenvalue weighted by atomic mass is 32.2. The quantitative estimate of drug-likeness (QED) is 0.387. The Kier molecular flexibility index (Phi) is 7.59. The number of non-ortho nitro benzene ring substituents is 1. The number of nitro benzene ring substituents is 1. The van der Waals surface area contributed by atoms with E-state index in [9.17, 15) is 19.7 Å². The number of thiazole rings is 1. The van der Waals surface area contributed by atoms with Crippen LogP contribution in [0.4, 0.5) is 5.69 Å². The van der Waals surface area contributed by atoms with Gasteiger partial charge < -0.3 is 10.2 Å². The van der Waals surface area contributed by atoms with Gasteiger partial charge in [-0.3, -0.25) is 19.7 Å². The average Bonchev–Trinajstić information content (AvgIpc) is 3.18. The first kappa shape index (κ1) is 22.7. The SMILES string of the molecule is CSCCC(NC(=O)c1cccc([N+](=O)[O-])c1)C(=O)N(C)Cc1nc2ccccc2s1. The summed E-state index contributed by atoms with van der Waals surface area (Å²) in [4.78, 5) is 42.3. The standard InChI is InChI=1S/C21H22N4O4S2/c1-24(13-19-22-16-8-3-4-9-18(16)31-19)21(27)17(10-11-30-2)23-20(26)14-6-5-7-15(12-14)25(28)29/h3-9,12,17H,10-11,13H2,1-2H3,(H,23,26). The molecule has 0 fully saturated rings. The molecule has 0 aliphatic carbocycles. The van der Waals surface area contributed by atoms with Crippen LogP contribution in [-0.2, 0) is 11.3 Å². The fourth-order valence-electron chi connectivity index (χ4n) is 3.03. The molecule has 162 valence electrons. The molecule has 1 heterocycles. The van der Waals surface area contributed by atoms with Gasteiger partial charge in [0.05, 0.1) is 21.7 Å². The summed E-state index contributed by atoms with van der Waals surface area (Å²) < 4.78 is 1.05. The van der Waals surface area contributed by atoms with Gasteiger partial charge in [-0.1, -0.05) is 18.2 Å². The molecule has 1 unspecified atom stereocenters. The van der Waals surface area contributed by atoms with Crippen LogP contribution < -0.4 is 5.32 Å². The Morgan fingerprint density at radius 3 is 2.74 bits per heavy atom. The summed E-state index contributed by atoms with van der Waals surface area (Å²) in [5, 5.41) is 14.5. The maximum atomic E-state index is 13.1. The first-order valence-electron chi connectivity index (χ1n) is 9.52. The number of carbonyl (C=O) groups is 2. The number of amides is 2. The van der Waals surface area contributed by atoms with Crippen LogP contribution in [0.2, 0.25) is 0 Å². The molecule has 0 radical (unpaired) electrons. The van der Waals surface area contributed by atoms with Gasteiger partial charge in [-0.15, -0.1) is 11.3 Å². The number of aromatic nitrogens is 1. The van der Waals surface area contributed by atoms with Crippen molar-refractivity contribution >= 4 is 50.8 Å². The lowest BCUT2D eigenvalue weighted by Gasteiger charge is -2.24. The van der Waals surface area contributed by atoms with Gasteiger partial charge >= 0.3 is 0 Å². The Morgan fingerprint density at radius 2 is 2.03 bits per heavy atom. The largest absolute Gasteiger partial charge is 0.340 e. The Hall–Kier alpha value is -2.98. The predicted molar refractivity (Wildman–Crippen MR) is 123 cm³/mol. The first-order valence-corrected chi connectivity index (χ1v) is 11.7. The van der Waals surface area contributed by atoms with Crippen LogP contribution >= 0.6 is 23.1 Å². The summed E-state index contributed by atoms with van der Waals surface area (Å²) in [6.07, 6.45) is 2.37. The van der Waals surface area contributed by atoms with Gasteiger partial charge in [0.1, 0.15) is 11.0 Å². The molecule has 0 bridgehead atoms. The molecule has 3 rings (SSSR count). The number of thioether (sulfide) groups is 1. The zero-order valence-corrected chi connectivity index (χ0v) is 18.7. The molecule has 31 heavy (non-hydrogen) atoms. The van der Waals surface area contributed by atoms with Gasteiger partial charge in [-0.05, 0) is 36.6 Å². The second kappa shape index (κ2) is 10.4. The van der Waals surface area contributed by atoms with Crippen LogP contribution in [0.25, 0.3) is 10.2 Å². The molecule has 0 saturated carbocycles. The highest BCUT2D eigenvalue weighted by Crippen LogP contribution is 2.22. The fourth-order valence-corrected chi connectivity index (χ4v) is 4.52. The number of rotatable bonds is 9. The topological polar surface area (TPSA) is 105 Å². The molecule has 0 spiro atoms. The monoisotopic (exact) mass is 458 g/mol. The van der Waals surface area contributed by atoms with Gasteiger partial charge in [-0.25, -0.2) is 4.98 Å². The number of carbonyl (C=O) groups excluding carboxylic acids is 2. The summed E-state index contributed by atoms with van der Waals surface area (Å²) in [5.41, 5.74) is 0.860. The van der Waals surface area contributed by atoms with E-state index in [1.807, 2.05) is 30.5 Å². The highest BCUT2D eigenvalue weighted by molar-refractivity contribution is 7.98. The number of nitrogens with zero attached hydrogens (tertiary/aromatic N) is 3. The Labute approximate surface area is 187 Å². The lowest BCUT2D eigenvalue weighted by molar-refractivity contribution is -0.384. The van der Waals surface area contributed by atoms with E-state index >= 15 is 0 Å². The smallest absolute Gasteiger partial charge is 0.270 e. The van der Waals surface area contributed by atoms with E-state index in [2.05, 4.69) is 10.3 Å². The zero-order chi connectivity index (χ0) is 22.4. The summed E-state index contributed by atoms with van der Waals surface area (Å²) in [6, 6.07) is 12.5. The van der Waals surface area contributed by atoms with E-state index < -0.39 is 16.9 Å². The number of para-hydroxylation sites is 1. The molecule has 1 atom stereocenters. The molecule has 1 N–H and O–H groups in total. The minimum atomic E-state index is -0.737. The van der Waals surface area contributed by atoms with Gasteiger partial charge in [0.15, 0.2) is 0 Å². The van der Waals surface area contributed by atoms with E-state index in [1.165, 1.54) is 35.6 Å². The zero-order valence-electron chi connectivity index (χ0n) is 17.1. The molecular formula is C21H22N4O4S2. The van der Waals surface area contributed by atoms with E-state index in [0.29, 0.717) is 18.7 Å². The van der Waals surface area contributed by atoms with Gasteiger partial charge in [0, 0.05) is 24.7 Å². The highest BCUT2D eigenvalue weighted by Gasteiger charge is 2.25. The average molecular weight is 459 g/mol. The summed E-state index contributed by atoms with van der Waals surface area (Å²) in [7, 11) is 1.68. The van der Waals surface area contributed by atoms with Crippen LogP contribution in [0.15, 0.2) is 48.5 Å². The van der Waals surface area contributed by atoms with E-state index in [1.54, 1.807) is 23.7 Å². The van der Waals surface area contributed by atoms with Gasteiger partial charge in [0.2, 0.25) is 5.91 Å². The van der Waals surface area contributed by atoms with Crippen molar-refractivity contribution in [2.45, 2.75) is 19.0 Å². The molecule has 3 aromatic rings. The molecule has 8 nitrogen and oxygen atoms in total. The van der Waals surface area contributed by atoms with Crippen molar-refractivity contribution in [2.75, 3.05) is 19.1 Å². The number of nitro groups is 1. The molecule has 10 heteroatoms. The van der Waals surface area contributed by atoms with Gasteiger partial charge in [-0.2, -0.15) is 11.8 Å². The van der Waals surface area contributed by atoms with Crippen molar-refractivity contribution in [3.8, 4) is 0 Å². The lowest BCUT2D eigenvalue weighted by atomic mass is 10.1. The van der Waals surface area contributed by atoms with E-state index in [4.69, 9.17) is 0 Å². The summed E-state index contributed by atoms with van der Waals surface area (Å²) in [5.74, 6) is -0.0655. The number of hydrogen-bond donors (Lipinski definition) is 1. The van der Waals surface area contributed by atoms with Crippen LogP contribution in [0.5, 0.6) is 0 Å². The third-order valence-electron chi connectivity index (χ3n) is 4.62. The Morgan fingerprint density at radius 1 is 1.26 bits per heavy atom. The van der Waals surface area contributed by atoms with Crippen molar-refractivity contribution in [3.63, 3.8) is 0 Å². The van der Waals surface area contributed by atoms with Crippen LogP contribution in [0.1, 0.15) is 21.8 Å². The minimum absolute atomic E-state index is 0.143.